The summed E-state index contributed by atoms with van der Waals surface area (Å²) in [5.41, 5.74) is 0.746. The van der Waals surface area contributed by atoms with E-state index in [1.807, 2.05) is 18.2 Å². The standard InChI is InChI=1S/C13H16O4S2/c1-16-13(17-2,12(15)19)8-10(11(14)18)9-6-4-3-5-7-9/h3-7,10H,8H2,1-2H3,(H,14,18)(H,15,19). The highest BCUT2D eigenvalue weighted by molar-refractivity contribution is 7.97. The summed E-state index contributed by atoms with van der Waals surface area (Å²) in [6, 6.07) is 9.04. The van der Waals surface area contributed by atoms with Crippen molar-refractivity contribution in [1.82, 2.24) is 0 Å². The molecule has 0 aliphatic carbocycles. The van der Waals surface area contributed by atoms with Crippen molar-refractivity contribution in [2.24, 2.45) is 0 Å². The molecule has 0 aromatic heterocycles. The molecule has 0 aliphatic heterocycles. The first-order valence-electron chi connectivity index (χ1n) is 5.58. The van der Waals surface area contributed by atoms with Crippen LogP contribution in [0.5, 0.6) is 0 Å². The van der Waals surface area contributed by atoms with E-state index in [4.69, 9.17) is 9.47 Å². The van der Waals surface area contributed by atoms with E-state index < -0.39 is 16.8 Å². The van der Waals surface area contributed by atoms with Gasteiger partial charge in [0.05, 0.1) is 5.92 Å². The average molecular weight is 300 g/mol. The summed E-state index contributed by atoms with van der Waals surface area (Å²) in [6.07, 6.45) is 0.0225. The first-order chi connectivity index (χ1) is 8.96. The normalized spacial score (nSPS) is 13.1. The summed E-state index contributed by atoms with van der Waals surface area (Å²) in [6.45, 7) is 0. The maximum absolute atomic E-state index is 11.7. The second-order valence-corrected chi connectivity index (χ2v) is 4.82. The molecular weight excluding hydrogens is 284 g/mol. The van der Waals surface area contributed by atoms with Crippen molar-refractivity contribution in [3.8, 4) is 0 Å². The summed E-state index contributed by atoms with van der Waals surface area (Å²) in [7, 11) is 2.67. The lowest BCUT2D eigenvalue weighted by Gasteiger charge is -2.30. The van der Waals surface area contributed by atoms with Crippen molar-refractivity contribution in [2.45, 2.75) is 18.1 Å². The fraction of sp³-hybridized carbons (Fsp3) is 0.385. The molecule has 0 saturated carbocycles. The molecule has 0 heterocycles. The van der Waals surface area contributed by atoms with Crippen molar-refractivity contribution in [2.75, 3.05) is 14.2 Å². The van der Waals surface area contributed by atoms with Gasteiger partial charge in [0, 0.05) is 20.6 Å². The van der Waals surface area contributed by atoms with E-state index in [2.05, 4.69) is 25.3 Å². The van der Waals surface area contributed by atoms with Crippen molar-refractivity contribution in [1.29, 1.82) is 0 Å². The van der Waals surface area contributed by atoms with E-state index in [1.165, 1.54) is 14.2 Å². The summed E-state index contributed by atoms with van der Waals surface area (Å²) < 4.78 is 10.2. The van der Waals surface area contributed by atoms with Gasteiger partial charge in [0.2, 0.25) is 10.9 Å². The van der Waals surface area contributed by atoms with E-state index >= 15 is 0 Å². The van der Waals surface area contributed by atoms with Crippen LogP contribution in [-0.4, -0.2) is 30.2 Å². The minimum Gasteiger partial charge on any atom is -0.346 e. The molecule has 1 aromatic rings. The van der Waals surface area contributed by atoms with E-state index in [0.717, 1.165) is 5.56 Å². The maximum Gasteiger partial charge on any atom is 0.245 e. The Morgan fingerprint density at radius 3 is 2.05 bits per heavy atom. The van der Waals surface area contributed by atoms with E-state index in [1.54, 1.807) is 12.1 Å². The van der Waals surface area contributed by atoms with Crippen LogP contribution in [0.4, 0.5) is 0 Å². The van der Waals surface area contributed by atoms with Crippen LogP contribution in [0.25, 0.3) is 0 Å². The van der Waals surface area contributed by atoms with Crippen LogP contribution in [0.3, 0.4) is 0 Å². The predicted molar refractivity (Wildman–Crippen MR) is 78.5 cm³/mol. The summed E-state index contributed by atoms with van der Waals surface area (Å²) in [4.78, 5) is 23.3. The molecule has 1 unspecified atom stereocenters. The van der Waals surface area contributed by atoms with Gasteiger partial charge in [-0.3, -0.25) is 9.59 Å². The minimum atomic E-state index is -1.55. The molecule has 1 aromatic carbocycles. The molecule has 104 valence electrons. The molecule has 0 aliphatic rings. The number of carbonyl (C=O) groups is 2. The van der Waals surface area contributed by atoms with E-state index in [0.29, 0.717) is 0 Å². The molecule has 0 fully saturated rings. The van der Waals surface area contributed by atoms with Gasteiger partial charge in [-0.25, -0.2) is 0 Å². The van der Waals surface area contributed by atoms with Gasteiger partial charge in [-0.1, -0.05) is 43.0 Å². The summed E-state index contributed by atoms with van der Waals surface area (Å²) in [5.74, 6) is -2.16. The molecule has 0 spiro atoms. The van der Waals surface area contributed by atoms with E-state index in [-0.39, 0.29) is 11.5 Å². The van der Waals surface area contributed by atoms with Crippen LogP contribution in [0.15, 0.2) is 30.3 Å². The Balaban J connectivity index is 3.09. The SMILES string of the molecule is COC(CC(C(=O)S)c1ccccc1)(OC)C(=O)S. The molecule has 0 amide bonds. The van der Waals surface area contributed by atoms with Gasteiger partial charge in [0.15, 0.2) is 5.12 Å². The van der Waals surface area contributed by atoms with Gasteiger partial charge in [-0.05, 0) is 5.56 Å². The quantitative estimate of drug-likeness (QED) is 0.598. The number of hydrogen-bond acceptors (Lipinski definition) is 4. The monoisotopic (exact) mass is 300 g/mol. The second kappa shape index (κ2) is 7.09. The number of methoxy groups -OCH3 is 2. The van der Waals surface area contributed by atoms with Gasteiger partial charge < -0.3 is 9.47 Å². The average Bonchev–Trinajstić information content (AvgIpc) is 2.41. The topological polar surface area (TPSA) is 52.6 Å². The van der Waals surface area contributed by atoms with Gasteiger partial charge >= 0.3 is 0 Å². The third kappa shape index (κ3) is 3.82. The van der Waals surface area contributed by atoms with Crippen LogP contribution in [-0.2, 0) is 19.1 Å². The Kier molecular flexibility index (Phi) is 6.06. The molecular formula is C13H16O4S2. The number of hydrogen-bond donors (Lipinski definition) is 2. The van der Waals surface area contributed by atoms with Gasteiger partial charge in [0.1, 0.15) is 0 Å². The van der Waals surface area contributed by atoms with Crippen molar-refractivity contribution >= 4 is 35.5 Å². The second-order valence-electron chi connectivity index (χ2n) is 3.97. The zero-order valence-electron chi connectivity index (χ0n) is 10.7. The smallest absolute Gasteiger partial charge is 0.245 e. The highest BCUT2D eigenvalue weighted by Gasteiger charge is 2.41. The Morgan fingerprint density at radius 2 is 1.68 bits per heavy atom. The predicted octanol–water partition coefficient (Wildman–Crippen LogP) is 2.06. The fourth-order valence-corrected chi connectivity index (χ4v) is 2.33. The number of thiol groups is 2. The van der Waals surface area contributed by atoms with Gasteiger partial charge in [0.25, 0.3) is 0 Å². The van der Waals surface area contributed by atoms with Crippen LogP contribution in [0.2, 0.25) is 0 Å². The van der Waals surface area contributed by atoms with Crippen molar-refractivity contribution in [3.05, 3.63) is 35.9 Å². The Labute approximate surface area is 123 Å². The molecule has 19 heavy (non-hydrogen) atoms. The lowest BCUT2D eigenvalue weighted by Crippen LogP contribution is -2.42. The fourth-order valence-electron chi connectivity index (χ4n) is 1.81. The third-order valence-corrected chi connectivity index (χ3v) is 3.61. The molecule has 0 bridgehead atoms. The number of benzene rings is 1. The first kappa shape index (κ1) is 16.2. The maximum atomic E-state index is 11.7. The zero-order chi connectivity index (χ0) is 14.5. The minimum absolute atomic E-state index is 0.0225. The summed E-state index contributed by atoms with van der Waals surface area (Å²) in [5, 5.41) is -0.952. The Morgan fingerprint density at radius 1 is 1.16 bits per heavy atom. The van der Waals surface area contributed by atoms with Crippen LogP contribution >= 0.6 is 25.3 Å². The largest absolute Gasteiger partial charge is 0.346 e. The summed E-state index contributed by atoms with van der Waals surface area (Å²) >= 11 is 7.65. The highest BCUT2D eigenvalue weighted by atomic mass is 32.1. The third-order valence-electron chi connectivity index (χ3n) is 2.96. The number of carbonyl (C=O) groups excluding carboxylic acids is 2. The lowest BCUT2D eigenvalue weighted by atomic mass is 9.92. The number of ether oxygens (including phenoxy) is 2. The molecule has 0 N–H and O–H groups in total. The van der Waals surface area contributed by atoms with Crippen molar-refractivity contribution < 1.29 is 19.1 Å². The van der Waals surface area contributed by atoms with E-state index in [9.17, 15) is 9.59 Å². The molecule has 0 saturated heterocycles. The van der Waals surface area contributed by atoms with Crippen molar-refractivity contribution in [3.63, 3.8) is 0 Å². The van der Waals surface area contributed by atoms with Crippen LogP contribution in [0.1, 0.15) is 17.9 Å². The van der Waals surface area contributed by atoms with Crippen LogP contribution in [0, 0.1) is 0 Å². The Hall–Kier alpha value is -0.820. The van der Waals surface area contributed by atoms with Gasteiger partial charge in [-0.2, -0.15) is 0 Å². The molecule has 6 heteroatoms. The molecule has 4 nitrogen and oxygen atoms in total. The van der Waals surface area contributed by atoms with Gasteiger partial charge in [-0.15, -0.1) is 12.6 Å². The molecule has 1 atom stereocenters. The first-order valence-corrected chi connectivity index (χ1v) is 6.47. The highest BCUT2D eigenvalue weighted by Crippen LogP contribution is 2.32. The molecule has 1 rings (SSSR count). The molecule has 0 radical (unpaired) electrons. The zero-order valence-corrected chi connectivity index (χ0v) is 12.5. The number of rotatable bonds is 7. The lowest BCUT2D eigenvalue weighted by molar-refractivity contribution is -0.203. The van der Waals surface area contributed by atoms with Crippen LogP contribution < -0.4 is 0 Å². The Bertz CT molecular complexity index is 443.